The Labute approximate surface area is 66.3 Å². The molecule has 0 spiro atoms. The maximum Gasteiger partial charge on any atom is 0.267 e. The van der Waals surface area contributed by atoms with Gasteiger partial charge in [-0.05, 0) is 0 Å². The first-order chi connectivity index (χ1) is 4.97. The van der Waals surface area contributed by atoms with E-state index in [-0.39, 0.29) is 0 Å². The summed E-state index contributed by atoms with van der Waals surface area (Å²) < 4.78 is 27.1. The van der Waals surface area contributed by atoms with Gasteiger partial charge in [-0.1, -0.05) is 6.08 Å². The van der Waals surface area contributed by atoms with E-state index in [0.29, 0.717) is 6.54 Å². The standard InChI is InChI=1S/C3H7N.C2H6O4S/c1-2-3-4;3-1-2-7(4,5)6/h2H,1,3-4H2;3H,1-2H2,(H,4,5,6). The predicted octanol–water partition coefficient (Wildman–Crippen LogP) is -1.00. The van der Waals surface area contributed by atoms with Crippen molar-refractivity contribution in [3.05, 3.63) is 12.7 Å². The van der Waals surface area contributed by atoms with Gasteiger partial charge in [0.05, 0.1) is 12.4 Å². The van der Waals surface area contributed by atoms with E-state index in [1.165, 1.54) is 0 Å². The Morgan fingerprint density at radius 2 is 1.91 bits per heavy atom. The molecule has 0 aromatic rings. The molecule has 5 nitrogen and oxygen atoms in total. The average Bonchev–Trinajstić information content (AvgIpc) is 1.86. The molecule has 0 fully saturated rings. The Morgan fingerprint density at radius 1 is 1.55 bits per heavy atom. The maximum absolute atomic E-state index is 9.63. The zero-order chi connectivity index (χ0) is 9.33. The van der Waals surface area contributed by atoms with Gasteiger partial charge >= 0.3 is 0 Å². The Kier molecular flexibility index (Phi) is 9.20. The number of aliphatic hydroxyl groups is 1. The minimum absolute atomic E-state index is 0.529. The number of hydrogen-bond donors (Lipinski definition) is 3. The van der Waals surface area contributed by atoms with Crippen LogP contribution < -0.4 is 5.73 Å². The van der Waals surface area contributed by atoms with E-state index in [2.05, 4.69) is 6.58 Å². The number of rotatable bonds is 3. The smallest absolute Gasteiger partial charge is 0.267 e. The topological polar surface area (TPSA) is 101 Å². The molecule has 0 amide bonds. The van der Waals surface area contributed by atoms with Gasteiger partial charge in [-0.25, -0.2) is 0 Å². The van der Waals surface area contributed by atoms with E-state index in [9.17, 15) is 8.42 Å². The quantitative estimate of drug-likeness (QED) is 0.385. The van der Waals surface area contributed by atoms with Crippen LogP contribution in [0.3, 0.4) is 0 Å². The van der Waals surface area contributed by atoms with Crippen LogP contribution in [-0.4, -0.2) is 37.0 Å². The molecule has 4 N–H and O–H groups in total. The molecule has 0 aliphatic rings. The molecule has 0 saturated carbocycles. The van der Waals surface area contributed by atoms with E-state index in [0.717, 1.165) is 0 Å². The van der Waals surface area contributed by atoms with Crippen molar-refractivity contribution in [2.75, 3.05) is 18.9 Å². The van der Waals surface area contributed by atoms with Crippen molar-refractivity contribution in [1.82, 2.24) is 0 Å². The lowest BCUT2D eigenvalue weighted by Gasteiger charge is -1.85. The summed E-state index contributed by atoms with van der Waals surface area (Å²) >= 11 is 0. The SMILES string of the molecule is C=CCN.O=S(=O)(O)CCO. The highest BCUT2D eigenvalue weighted by Crippen LogP contribution is 1.75. The van der Waals surface area contributed by atoms with Gasteiger partial charge in [0, 0.05) is 6.54 Å². The van der Waals surface area contributed by atoms with E-state index in [4.69, 9.17) is 15.4 Å². The van der Waals surface area contributed by atoms with Crippen LogP contribution in [0.15, 0.2) is 12.7 Å². The molecule has 68 valence electrons. The Morgan fingerprint density at radius 3 is 1.91 bits per heavy atom. The van der Waals surface area contributed by atoms with Gasteiger partial charge in [-0.3, -0.25) is 4.55 Å². The summed E-state index contributed by atoms with van der Waals surface area (Å²) in [5.74, 6) is -0.576. The van der Waals surface area contributed by atoms with Crippen molar-refractivity contribution in [1.29, 1.82) is 0 Å². The van der Waals surface area contributed by atoms with Crippen LogP contribution in [0.2, 0.25) is 0 Å². The van der Waals surface area contributed by atoms with Crippen LogP contribution >= 0.6 is 0 Å². The molecule has 0 bridgehead atoms. The van der Waals surface area contributed by atoms with Crippen LogP contribution in [0.1, 0.15) is 0 Å². The summed E-state index contributed by atoms with van der Waals surface area (Å²) in [5.41, 5.74) is 4.91. The highest BCUT2D eigenvalue weighted by atomic mass is 32.2. The van der Waals surface area contributed by atoms with Gasteiger partial charge in [0.25, 0.3) is 10.1 Å². The Bertz CT molecular complexity index is 175. The van der Waals surface area contributed by atoms with E-state index in [1.54, 1.807) is 6.08 Å². The fourth-order valence-corrected chi connectivity index (χ4v) is 0.346. The molecule has 0 aromatic carbocycles. The van der Waals surface area contributed by atoms with Crippen LogP contribution in [0.5, 0.6) is 0 Å². The molecule has 0 heterocycles. The summed E-state index contributed by atoms with van der Waals surface area (Å²) in [5, 5.41) is 7.86. The predicted molar refractivity (Wildman–Crippen MR) is 42.8 cm³/mol. The lowest BCUT2D eigenvalue weighted by atomic mass is 10.7. The highest BCUT2D eigenvalue weighted by molar-refractivity contribution is 7.85. The summed E-state index contributed by atoms with van der Waals surface area (Å²) in [6, 6.07) is 0. The van der Waals surface area contributed by atoms with Crippen LogP contribution in [0.4, 0.5) is 0 Å². The van der Waals surface area contributed by atoms with Gasteiger partial charge in [0.2, 0.25) is 0 Å². The molecular formula is C5H13NO4S. The zero-order valence-corrected chi connectivity index (χ0v) is 6.92. The molecule has 0 atom stereocenters. The van der Waals surface area contributed by atoms with E-state index in [1.807, 2.05) is 0 Å². The second-order valence-corrected chi connectivity index (χ2v) is 3.11. The normalized spacial score (nSPS) is 9.73. The minimum atomic E-state index is -3.92. The fourth-order valence-electron chi connectivity index (χ4n) is 0.115. The Hall–Kier alpha value is -0.430. The first-order valence-electron chi connectivity index (χ1n) is 2.85. The first kappa shape index (κ1) is 13.2. The van der Waals surface area contributed by atoms with Crippen molar-refractivity contribution in [3.8, 4) is 0 Å². The van der Waals surface area contributed by atoms with Gasteiger partial charge in [-0.15, -0.1) is 6.58 Å². The third-order valence-corrected chi connectivity index (χ3v) is 1.21. The van der Waals surface area contributed by atoms with Crippen LogP contribution in [-0.2, 0) is 10.1 Å². The molecule has 0 aliphatic heterocycles. The lowest BCUT2D eigenvalue weighted by molar-refractivity contribution is 0.315. The molecule has 6 heteroatoms. The summed E-state index contributed by atoms with van der Waals surface area (Å²) in [4.78, 5) is 0. The van der Waals surface area contributed by atoms with Crippen molar-refractivity contribution < 1.29 is 18.1 Å². The number of hydrogen-bond acceptors (Lipinski definition) is 4. The summed E-state index contributed by atoms with van der Waals surface area (Å²) in [6.07, 6.45) is 1.65. The minimum Gasteiger partial charge on any atom is -0.395 e. The van der Waals surface area contributed by atoms with Crippen molar-refractivity contribution >= 4 is 10.1 Å². The van der Waals surface area contributed by atoms with Crippen LogP contribution in [0.25, 0.3) is 0 Å². The molecule has 0 radical (unpaired) electrons. The summed E-state index contributed by atoms with van der Waals surface area (Å²) in [6.45, 7) is 3.41. The molecule has 11 heavy (non-hydrogen) atoms. The largest absolute Gasteiger partial charge is 0.395 e. The Balaban J connectivity index is 0. The molecule has 0 saturated heterocycles. The van der Waals surface area contributed by atoms with E-state index < -0.39 is 22.5 Å². The second-order valence-electron chi connectivity index (χ2n) is 1.53. The molecular weight excluding hydrogens is 170 g/mol. The monoisotopic (exact) mass is 183 g/mol. The highest BCUT2D eigenvalue weighted by Gasteiger charge is 1.99. The third-order valence-electron chi connectivity index (χ3n) is 0.516. The molecule has 0 unspecified atom stereocenters. The fraction of sp³-hybridized carbons (Fsp3) is 0.600. The van der Waals surface area contributed by atoms with Crippen LogP contribution in [0, 0.1) is 0 Å². The molecule has 0 aliphatic carbocycles. The summed E-state index contributed by atoms with van der Waals surface area (Å²) in [7, 11) is -3.92. The van der Waals surface area contributed by atoms with Gasteiger partial charge in [-0.2, -0.15) is 8.42 Å². The number of nitrogens with two attached hydrogens (primary N) is 1. The second kappa shape index (κ2) is 7.67. The van der Waals surface area contributed by atoms with Crippen molar-refractivity contribution in [2.45, 2.75) is 0 Å². The zero-order valence-electron chi connectivity index (χ0n) is 6.10. The number of aliphatic hydroxyl groups excluding tert-OH is 1. The third kappa shape index (κ3) is 26.3. The van der Waals surface area contributed by atoms with Crippen molar-refractivity contribution in [2.24, 2.45) is 5.73 Å². The van der Waals surface area contributed by atoms with Gasteiger partial charge in [0.15, 0.2) is 0 Å². The molecule has 0 aromatic heterocycles. The first-order valence-corrected chi connectivity index (χ1v) is 4.45. The lowest BCUT2D eigenvalue weighted by Crippen LogP contribution is -2.06. The maximum atomic E-state index is 9.63. The average molecular weight is 183 g/mol. The van der Waals surface area contributed by atoms with Gasteiger partial charge < -0.3 is 10.8 Å². The van der Waals surface area contributed by atoms with Gasteiger partial charge in [0.1, 0.15) is 0 Å². The van der Waals surface area contributed by atoms with E-state index >= 15 is 0 Å². The molecule has 0 rings (SSSR count). The van der Waals surface area contributed by atoms with Crippen molar-refractivity contribution in [3.63, 3.8) is 0 Å².